The van der Waals surface area contributed by atoms with Gasteiger partial charge >= 0.3 is 0 Å². The van der Waals surface area contributed by atoms with Crippen molar-refractivity contribution in [2.24, 2.45) is 0 Å². The van der Waals surface area contributed by atoms with Crippen molar-refractivity contribution < 1.29 is 14.2 Å². The van der Waals surface area contributed by atoms with Gasteiger partial charge < -0.3 is 24.4 Å². The third-order valence-corrected chi connectivity index (χ3v) is 5.50. The highest BCUT2D eigenvalue weighted by atomic mass is 35.5. The Labute approximate surface area is 169 Å². The maximum Gasteiger partial charge on any atom is 0.292 e. The average Bonchev–Trinajstić information content (AvgIpc) is 3.25. The van der Waals surface area contributed by atoms with E-state index < -0.39 is 5.79 Å². The number of pyridine rings is 1. The number of halogens is 2. The number of para-hydroxylation sites is 1. The van der Waals surface area contributed by atoms with E-state index in [-0.39, 0.29) is 12.4 Å². The third-order valence-electron chi connectivity index (χ3n) is 5.27. The van der Waals surface area contributed by atoms with Gasteiger partial charge in [-0.05, 0) is 24.3 Å². The van der Waals surface area contributed by atoms with Crippen LogP contribution < -0.4 is 19.7 Å². The first-order valence-corrected chi connectivity index (χ1v) is 9.23. The minimum Gasteiger partial charge on any atom is -0.443 e. The quantitative estimate of drug-likeness (QED) is 0.822. The van der Waals surface area contributed by atoms with E-state index in [0.717, 1.165) is 43.5 Å². The maximum atomic E-state index is 6.32. The molecule has 0 bridgehead atoms. The van der Waals surface area contributed by atoms with Crippen LogP contribution in [0.5, 0.6) is 11.5 Å². The summed E-state index contributed by atoms with van der Waals surface area (Å²) in [6.07, 6.45) is 1.61. The van der Waals surface area contributed by atoms with E-state index in [1.807, 2.05) is 25.1 Å². The maximum absolute atomic E-state index is 6.32. The van der Waals surface area contributed by atoms with E-state index in [4.69, 9.17) is 25.8 Å². The molecular weight excluding hydrogens is 389 g/mol. The fourth-order valence-electron chi connectivity index (χ4n) is 3.97. The summed E-state index contributed by atoms with van der Waals surface area (Å²) in [5, 5.41) is 4.12. The summed E-state index contributed by atoms with van der Waals surface area (Å²) < 4.78 is 18.2. The zero-order valence-corrected chi connectivity index (χ0v) is 16.4. The minimum atomic E-state index is -0.970. The van der Waals surface area contributed by atoms with Gasteiger partial charge in [0.15, 0.2) is 11.5 Å². The molecule has 4 heterocycles. The Morgan fingerprint density at radius 2 is 2.11 bits per heavy atom. The Hall–Kier alpha value is -1.73. The molecule has 1 aromatic heterocycles. The molecule has 0 spiro atoms. The van der Waals surface area contributed by atoms with Gasteiger partial charge in [-0.25, -0.2) is 0 Å². The van der Waals surface area contributed by atoms with Crippen LogP contribution in [0.1, 0.15) is 12.6 Å². The number of rotatable bonds is 2. The molecule has 2 saturated heterocycles. The zero-order chi connectivity index (χ0) is 17.7. The molecule has 0 saturated carbocycles. The summed E-state index contributed by atoms with van der Waals surface area (Å²) >= 11 is 5.96. The first-order chi connectivity index (χ1) is 12.6. The topological polar surface area (TPSA) is 55.9 Å². The lowest BCUT2D eigenvalue weighted by Gasteiger charge is -2.39. The van der Waals surface area contributed by atoms with Crippen LogP contribution in [0.3, 0.4) is 0 Å². The lowest BCUT2D eigenvalue weighted by atomic mass is 10.1. The van der Waals surface area contributed by atoms with Crippen LogP contribution in [0.15, 0.2) is 36.5 Å². The summed E-state index contributed by atoms with van der Waals surface area (Å²) in [5.74, 6) is 0.526. The molecule has 3 aliphatic heterocycles. The van der Waals surface area contributed by atoms with Crippen molar-refractivity contribution >= 4 is 29.7 Å². The standard InChI is InChI=1S/C19H20ClN3O3.ClH/c1-19(17-6-5-12(20)9-22-17)25-16-4-2-3-14(18(16)26-19)23-8-7-21-13-10-24-11-15(13)23;/h2-6,9,13,15,21H,7-8,10-11H2,1H3;1H/t13-,15+,19?;/m0./s1. The average molecular weight is 410 g/mol. The second-order valence-corrected chi connectivity index (χ2v) is 7.41. The molecule has 0 amide bonds. The molecule has 2 aromatic rings. The molecule has 1 aromatic carbocycles. The second kappa shape index (κ2) is 7.02. The lowest BCUT2D eigenvalue weighted by molar-refractivity contribution is -0.0716. The number of anilines is 1. The van der Waals surface area contributed by atoms with Crippen molar-refractivity contribution in [2.75, 3.05) is 31.2 Å². The fourth-order valence-corrected chi connectivity index (χ4v) is 4.08. The van der Waals surface area contributed by atoms with Crippen LogP contribution in [0.4, 0.5) is 5.69 Å². The van der Waals surface area contributed by atoms with Gasteiger partial charge in [-0.2, -0.15) is 0 Å². The van der Waals surface area contributed by atoms with Gasteiger partial charge in [0.05, 0.1) is 36.0 Å². The molecule has 2 fully saturated rings. The molecule has 27 heavy (non-hydrogen) atoms. The van der Waals surface area contributed by atoms with Gasteiger partial charge in [-0.1, -0.05) is 17.7 Å². The van der Waals surface area contributed by atoms with E-state index in [9.17, 15) is 0 Å². The van der Waals surface area contributed by atoms with E-state index in [1.165, 1.54) is 0 Å². The smallest absolute Gasteiger partial charge is 0.292 e. The third kappa shape index (κ3) is 3.10. The number of hydrogen-bond acceptors (Lipinski definition) is 6. The number of piperazine rings is 1. The summed E-state index contributed by atoms with van der Waals surface area (Å²) in [4.78, 5) is 6.76. The number of fused-ring (bicyclic) bond motifs is 2. The van der Waals surface area contributed by atoms with E-state index in [1.54, 1.807) is 12.3 Å². The van der Waals surface area contributed by atoms with Crippen LogP contribution in [-0.4, -0.2) is 43.4 Å². The van der Waals surface area contributed by atoms with Gasteiger partial charge in [0.25, 0.3) is 5.79 Å². The van der Waals surface area contributed by atoms with Gasteiger partial charge in [-0.15, -0.1) is 12.4 Å². The van der Waals surface area contributed by atoms with Gasteiger partial charge in [0.2, 0.25) is 0 Å². The second-order valence-electron chi connectivity index (χ2n) is 6.97. The van der Waals surface area contributed by atoms with Crippen molar-refractivity contribution in [2.45, 2.75) is 24.8 Å². The first kappa shape index (κ1) is 18.6. The number of ether oxygens (including phenoxy) is 3. The summed E-state index contributed by atoms with van der Waals surface area (Å²) in [6.45, 7) is 5.18. The van der Waals surface area contributed by atoms with Crippen molar-refractivity contribution in [3.63, 3.8) is 0 Å². The predicted molar refractivity (Wildman–Crippen MR) is 105 cm³/mol. The Kier molecular flexibility index (Phi) is 4.84. The lowest BCUT2D eigenvalue weighted by Crippen LogP contribution is -2.57. The van der Waals surface area contributed by atoms with Crippen molar-refractivity contribution in [1.29, 1.82) is 0 Å². The van der Waals surface area contributed by atoms with Gasteiger partial charge in [-0.3, -0.25) is 4.98 Å². The van der Waals surface area contributed by atoms with Crippen molar-refractivity contribution in [3.05, 3.63) is 47.2 Å². The fraction of sp³-hybridized carbons (Fsp3) is 0.421. The van der Waals surface area contributed by atoms with E-state index >= 15 is 0 Å². The molecule has 8 heteroatoms. The molecule has 3 aliphatic rings. The molecule has 1 N–H and O–H groups in total. The normalized spacial score (nSPS) is 28.6. The van der Waals surface area contributed by atoms with Gasteiger partial charge in [0.1, 0.15) is 5.69 Å². The van der Waals surface area contributed by atoms with E-state index in [0.29, 0.717) is 22.8 Å². The molecule has 0 radical (unpaired) electrons. The minimum absolute atomic E-state index is 0. The molecule has 5 rings (SSSR count). The van der Waals surface area contributed by atoms with Crippen LogP contribution in [0.25, 0.3) is 0 Å². The predicted octanol–water partition coefficient (Wildman–Crippen LogP) is 2.98. The van der Waals surface area contributed by atoms with Crippen LogP contribution in [-0.2, 0) is 10.5 Å². The number of nitrogens with one attached hydrogen (secondary N) is 1. The van der Waals surface area contributed by atoms with Crippen LogP contribution in [0, 0.1) is 0 Å². The Bertz CT molecular complexity index is 835. The SMILES string of the molecule is CC1(c2ccc(Cl)cn2)Oc2cccc(N3CCN[C@H]4COC[C@H]43)c2O1.Cl. The number of aromatic nitrogens is 1. The Morgan fingerprint density at radius 1 is 1.22 bits per heavy atom. The van der Waals surface area contributed by atoms with Crippen LogP contribution >= 0.6 is 24.0 Å². The summed E-state index contributed by atoms with van der Waals surface area (Å²) in [6, 6.07) is 10.3. The highest BCUT2D eigenvalue weighted by Gasteiger charge is 2.44. The number of hydrogen-bond donors (Lipinski definition) is 1. The zero-order valence-electron chi connectivity index (χ0n) is 14.9. The number of nitrogens with zero attached hydrogens (tertiary/aromatic N) is 2. The molecule has 0 aliphatic carbocycles. The highest BCUT2D eigenvalue weighted by molar-refractivity contribution is 6.30. The van der Waals surface area contributed by atoms with E-state index in [2.05, 4.69) is 21.3 Å². The summed E-state index contributed by atoms with van der Waals surface area (Å²) in [7, 11) is 0. The molecule has 1 unspecified atom stereocenters. The molecular formula is C19H21Cl2N3O3. The first-order valence-electron chi connectivity index (χ1n) is 8.85. The van der Waals surface area contributed by atoms with Crippen molar-refractivity contribution in [3.8, 4) is 11.5 Å². The Balaban J connectivity index is 0.00000180. The molecule has 6 nitrogen and oxygen atoms in total. The van der Waals surface area contributed by atoms with Gasteiger partial charge in [0, 0.05) is 26.2 Å². The molecule has 3 atom stereocenters. The summed E-state index contributed by atoms with van der Waals surface area (Å²) in [5.41, 5.74) is 1.73. The Morgan fingerprint density at radius 3 is 2.93 bits per heavy atom. The van der Waals surface area contributed by atoms with Crippen molar-refractivity contribution in [1.82, 2.24) is 10.3 Å². The number of benzene rings is 1. The monoisotopic (exact) mass is 409 g/mol. The largest absolute Gasteiger partial charge is 0.443 e. The van der Waals surface area contributed by atoms with Crippen LogP contribution in [0.2, 0.25) is 5.02 Å². The molecule has 144 valence electrons. The highest BCUT2D eigenvalue weighted by Crippen LogP contribution is 2.49.